The van der Waals surface area contributed by atoms with E-state index in [-0.39, 0.29) is 17.3 Å². The Bertz CT molecular complexity index is 880. The number of benzene rings is 1. The Kier molecular flexibility index (Phi) is 3.87. The number of nitrogens with zero attached hydrogens (tertiary/aromatic N) is 3. The number of sulfonamides is 1. The minimum atomic E-state index is -3.63. The van der Waals surface area contributed by atoms with E-state index in [4.69, 9.17) is 5.73 Å². The highest BCUT2D eigenvalue weighted by Crippen LogP contribution is 2.25. The van der Waals surface area contributed by atoms with Crippen LogP contribution in [0.1, 0.15) is 27.4 Å². The lowest BCUT2D eigenvalue weighted by atomic mass is 10.1. The molecular weight excluding hydrogens is 316 g/mol. The number of rotatable bonds is 3. The van der Waals surface area contributed by atoms with Crippen molar-refractivity contribution in [2.45, 2.75) is 24.8 Å². The predicted molar refractivity (Wildman–Crippen MR) is 81.9 cm³/mol. The molecule has 23 heavy (non-hydrogen) atoms. The molecule has 3 rings (SSSR count). The van der Waals surface area contributed by atoms with Crippen LogP contribution in [-0.2, 0) is 23.0 Å². The van der Waals surface area contributed by atoms with E-state index in [1.54, 1.807) is 31.2 Å². The van der Waals surface area contributed by atoms with Crippen LogP contribution in [0.4, 0.5) is 0 Å². The van der Waals surface area contributed by atoms with E-state index in [2.05, 4.69) is 16.2 Å². The van der Waals surface area contributed by atoms with Crippen molar-refractivity contribution in [1.82, 2.24) is 14.3 Å². The Morgan fingerprint density at radius 3 is 2.78 bits per heavy atom. The molecule has 2 heterocycles. The second-order valence-electron chi connectivity index (χ2n) is 5.30. The monoisotopic (exact) mass is 331 g/mol. The molecule has 0 fully saturated rings. The van der Waals surface area contributed by atoms with Crippen molar-refractivity contribution in [1.29, 1.82) is 0 Å². The minimum Gasteiger partial charge on any atom is -0.363 e. The fraction of sp³-hybridized carbons (Fsp3) is 0.267. The van der Waals surface area contributed by atoms with E-state index in [0.29, 0.717) is 29.8 Å². The molecule has 1 aliphatic heterocycles. The van der Waals surface area contributed by atoms with Crippen LogP contribution in [0.15, 0.2) is 29.2 Å². The van der Waals surface area contributed by atoms with E-state index in [9.17, 15) is 13.2 Å². The lowest BCUT2D eigenvalue weighted by Gasteiger charge is -2.27. The van der Waals surface area contributed by atoms with Crippen molar-refractivity contribution in [2.24, 2.45) is 5.73 Å². The van der Waals surface area contributed by atoms with Gasteiger partial charge in [0.05, 0.1) is 23.3 Å². The number of primary amides is 1. The first-order valence-corrected chi connectivity index (χ1v) is 8.46. The number of hydrogen-bond acceptors (Lipinski definition) is 5. The zero-order valence-corrected chi connectivity index (χ0v) is 13.3. The number of nitrogens with two attached hydrogens (primary N) is 1. The quantitative estimate of drug-likeness (QED) is 0.878. The zero-order valence-electron chi connectivity index (χ0n) is 12.5. The van der Waals surface area contributed by atoms with Gasteiger partial charge >= 0.3 is 0 Å². The summed E-state index contributed by atoms with van der Waals surface area (Å²) in [6.07, 6.45) is 3.17. The molecule has 8 heteroatoms. The van der Waals surface area contributed by atoms with Crippen molar-refractivity contribution in [3.05, 3.63) is 53.1 Å². The first-order valence-electron chi connectivity index (χ1n) is 7.02. The molecule has 0 bridgehead atoms. The molecule has 119 valence electrons. The van der Waals surface area contributed by atoms with Crippen molar-refractivity contribution in [2.75, 3.05) is 6.54 Å². The molecule has 1 radical (unpaired) electrons. The summed E-state index contributed by atoms with van der Waals surface area (Å²) < 4.78 is 27.0. The van der Waals surface area contributed by atoms with E-state index in [1.807, 2.05) is 0 Å². The van der Waals surface area contributed by atoms with Crippen LogP contribution in [0.5, 0.6) is 0 Å². The molecule has 1 aliphatic rings. The first-order chi connectivity index (χ1) is 10.9. The molecule has 0 aliphatic carbocycles. The van der Waals surface area contributed by atoms with Gasteiger partial charge in [-0.05, 0) is 25.0 Å². The molecule has 0 saturated carbocycles. The summed E-state index contributed by atoms with van der Waals surface area (Å²) in [6.45, 7) is 2.15. The van der Waals surface area contributed by atoms with Gasteiger partial charge in [0.15, 0.2) is 0 Å². The fourth-order valence-corrected chi connectivity index (χ4v) is 4.15. The van der Waals surface area contributed by atoms with Crippen molar-refractivity contribution < 1.29 is 13.2 Å². The van der Waals surface area contributed by atoms with Gasteiger partial charge in [0.1, 0.15) is 0 Å². The summed E-state index contributed by atoms with van der Waals surface area (Å²) in [5.41, 5.74) is 7.03. The normalized spacial score (nSPS) is 15.2. The SMILES string of the molecule is Cc1ccccc1S(=O)(=O)N1CCc2[c]nc(C(N)=O)nc2C1. The number of fused-ring (bicyclic) bond motifs is 1. The third-order valence-electron chi connectivity index (χ3n) is 3.76. The van der Waals surface area contributed by atoms with E-state index in [1.165, 1.54) is 4.31 Å². The summed E-state index contributed by atoms with van der Waals surface area (Å²) in [5, 5.41) is 0. The maximum Gasteiger partial charge on any atom is 0.286 e. The summed E-state index contributed by atoms with van der Waals surface area (Å²) in [5.74, 6) is -0.915. The number of aryl methyl sites for hydroxylation is 1. The predicted octanol–water partition coefficient (Wildman–Crippen LogP) is 0.431. The van der Waals surface area contributed by atoms with Crippen LogP contribution in [0.3, 0.4) is 0 Å². The van der Waals surface area contributed by atoms with Gasteiger partial charge in [-0.3, -0.25) is 4.79 Å². The molecule has 0 saturated heterocycles. The highest BCUT2D eigenvalue weighted by Gasteiger charge is 2.30. The average Bonchev–Trinajstić information content (AvgIpc) is 2.54. The number of carbonyl (C=O) groups is 1. The number of carbonyl (C=O) groups excluding carboxylic acids is 1. The van der Waals surface area contributed by atoms with Crippen LogP contribution in [-0.4, -0.2) is 35.1 Å². The minimum absolute atomic E-state index is 0.0747. The first kappa shape index (κ1) is 15.6. The van der Waals surface area contributed by atoms with E-state index < -0.39 is 15.9 Å². The molecular formula is C15H15N4O3S. The van der Waals surface area contributed by atoms with Gasteiger partial charge < -0.3 is 5.73 Å². The van der Waals surface area contributed by atoms with E-state index in [0.717, 1.165) is 0 Å². The van der Waals surface area contributed by atoms with Crippen LogP contribution < -0.4 is 5.73 Å². The summed E-state index contributed by atoms with van der Waals surface area (Å²) in [7, 11) is -3.63. The highest BCUT2D eigenvalue weighted by atomic mass is 32.2. The van der Waals surface area contributed by atoms with E-state index >= 15 is 0 Å². The maximum absolute atomic E-state index is 12.8. The Morgan fingerprint density at radius 1 is 1.35 bits per heavy atom. The lowest BCUT2D eigenvalue weighted by molar-refractivity contribution is 0.0989. The number of aromatic nitrogens is 2. The van der Waals surface area contributed by atoms with Crippen LogP contribution >= 0.6 is 0 Å². The lowest BCUT2D eigenvalue weighted by Crippen LogP contribution is -2.37. The Balaban J connectivity index is 1.97. The second-order valence-corrected chi connectivity index (χ2v) is 7.21. The molecule has 1 aromatic carbocycles. The zero-order chi connectivity index (χ0) is 16.6. The Labute approximate surface area is 134 Å². The topological polar surface area (TPSA) is 106 Å². The van der Waals surface area contributed by atoms with Crippen molar-refractivity contribution in [3.8, 4) is 0 Å². The van der Waals surface area contributed by atoms with Crippen LogP contribution in [0.2, 0.25) is 0 Å². The van der Waals surface area contributed by atoms with Gasteiger partial charge in [0, 0.05) is 12.1 Å². The highest BCUT2D eigenvalue weighted by molar-refractivity contribution is 7.89. The third kappa shape index (κ3) is 2.82. The van der Waals surface area contributed by atoms with Gasteiger partial charge in [-0.25, -0.2) is 18.4 Å². The second kappa shape index (κ2) is 5.71. The number of hydrogen-bond donors (Lipinski definition) is 1. The largest absolute Gasteiger partial charge is 0.363 e. The molecule has 1 aromatic heterocycles. The number of amides is 1. The fourth-order valence-electron chi connectivity index (χ4n) is 2.52. The van der Waals surface area contributed by atoms with Gasteiger partial charge in [-0.2, -0.15) is 4.31 Å². The van der Waals surface area contributed by atoms with Gasteiger partial charge in [0.25, 0.3) is 5.91 Å². The molecule has 7 nitrogen and oxygen atoms in total. The van der Waals surface area contributed by atoms with Gasteiger partial charge in [-0.15, -0.1) is 0 Å². The molecule has 2 aromatic rings. The Morgan fingerprint density at radius 2 is 2.09 bits per heavy atom. The van der Waals surface area contributed by atoms with Crippen molar-refractivity contribution in [3.63, 3.8) is 0 Å². The Hall–Kier alpha value is -2.32. The van der Waals surface area contributed by atoms with Gasteiger partial charge in [0.2, 0.25) is 15.8 Å². The van der Waals surface area contributed by atoms with Crippen LogP contribution in [0, 0.1) is 13.1 Å². The molecule has 1 amide bonds. The van der Waals surface area contributed by atoms with Crippen molar-refractivity contribution >= 4 is 15.9 Å². The molecule has 2 N–H and O–H groups in total. The molecule has 0 atom stereocenters. The molecule has 0 spiro atoms. The van der Waals surface area contributed by atoms with Crippen LogP contribution in [0.25, 0.3) is 0 Å². The van der Waals surface area contributed by atoms with Gasteiger partial charge in [-0.1, -0.05) is 18.2 Å². The molecule has 0 unspecified atom stereocenters. The third-order valence-corrected chi connectivity index (χ3v) is 5.76. The summed E-state index contributed by atoms with van der Waals surface area (Å²) in [4.78, 5) is 19.3. The summed E-state index contributed by atoms with van der Waals surface area (Å²) >= 11 is 0. The average molecular weight is 331 g/mol. The smallest absolute Gasteiger partial charge is 0.286 e. The summed E-state index contributed by atoms with van der Waals surface area (Å²) in [6, 6.07) is 6.83. The standard InChI is InChI=1S/C15H15N4O3S/c1-10-4-2-3-5-13(10)23(21,22)19-7-6-11-8-17-15(14(16)20)18-12(11)9-19/h2-5H,6-7,9H2,1H3,(H2,16,20). The maximum atomic E-state index is 12.8.